The molecule has 184 valence electrons. The fraction of sp³-hybridized carbons (Fsp3) is 0.318. The lowest BCUT2D eigenvalue weighted by Crippen LogP contribution is -2.41. The summed E-state index contributed by atoms with van der Waals surface area (Å²) in [5, 5.41) is 12.9. The first-order chi connectivity index (χ1) is 16.5. The zero-order valence-electron chi connectivity index (χ0n) is 18.5. The molecule has 0 saturated carbocycles. The van der Waals surface area contributed by atoms with Gasteiger partial charge in [0.25, 0.3) is 0 Å². The van der Waals surface area contributed by atoms with E-state index in [2.05, 4.69) is 25.3 Å². The number of carbonyl (C=O) groups excluding carboxylic acids is 1. The van der Waals surface area contributed by atoms with Crippen molar-refractivity contribution in [2.24, 2.45) is 0 Å². The molecule has 1 fully saturated rings. The monoisotopic (exact) mass is 508 g/mol. The molecule has 0 spiro atoms. The maximum absolute atomic E-state index is 13.1. The molecule has 1 aliphatic heterocycles. The Morgan fingerprint density at radius 3 is 2.54 bits per heavy atom. The summed E-state index contributed by atoms with van der Waals surface area (Å²) in [4.78, 5) is 30.3. The molecule has 35 heavy (non-hydrogen) atoms. The second-order valence-corrected chi connectivity index (χ2v) is 8.35. The zero-order chi connectivity index (χ0) is 25.3. The van der Waals surface area contributed by atoms with E-state index in [1.165, 1.54) is 35.6 Å². The number of aliphatic hydroxyl groups is 1. The molecular weight excluding hydrogens is 489 g/mol. The number of benzene rings is 1. The van der Waals surface area contributed by atoms with Crippen LogP contribution in [0.3, 0.4) is 0 Å². The van der Waals surface area contributed by atoms with E-state index in [1.54, 1.807) is 13.8 Å². The summed E-state index contributed by atoms with van der Waals surface area (Å²) in [6, 6.07) is 3.69. The average Bonchev–Trinajstić information content (AvgIpc) is 3.20. The number of halogens is 4. The number of cyclic esters (lactones) is 1. The quantitative estimate of drug-likeness (QED) is 0.501. The fourth-order valence-corrected chi connectivity index (χ4v) is 3.73. The number of nitrogens with zero attached hydrogens (tertiary/aromatic N) is 5. The second kappa shape index (κ2) is 9.62. The number of ether oxygens (including phenoxy) is 1. The van der Waals surface area contributed by atoms with Crippen molar-refractivity contribution >= 4 is 29.5 Å². The van der Waals surface area contributed by atoms with E-state index in [9.17, 15) is 23.1 Å². The summed E-state index contributed by atoms with van der Waals surface area (Å²) in [6.07, 6.45) is -1.74. The van der Waals surface area contributed by atoms with Gasteiger partial charge in [0.15, 0.2) is 0 Å². The summed E-state index contributed by atoms with van der Waals surface area (Å²) in [5.41, 5.74) is -0.266. The summed E-state index contributed by atoms with van der Waals surface area (Å²) in [7, 11) is 0. The molecule has 3 aromatic rings. The molecule has 1 unspecified atom stereocenters. The van der Waals surface area contributed by atoms with E-state index in [0.29, 0.717) is 11.4 Å². The van der Waals surface area contributed by atoms with Crippen LogP contribution in [-0.2, 0) is 10.9 Å². The van der Waals surface area contributed by atoms with Crippen molar-refractivity contribution in [3.8, 4) is 11.1 Å². The lowest BCUT2D eigenvalue weighted by Gasteiger charge is -2.23. The Hall–Kier alpha value is -3.51. The van der Waals surface area contributed by atoms with Gasteiger partial charge < -0.3 is 15.2 Å². The maximum Gasteiger partial charge on any atom is 0.416 e. The Kier molecular flexibility index (Phi) is 6.77. The summed E-state index contributed by atoms with van der Waals surface area (Å²) >= 11 is 5.86. The lowest BCUT2D eigenvalue weighted by molar-refractivity contribution is -0.137. The van der Waals surface area contributed by atoms with Crippen molar-refractivity contribution < 1.29 is 27.8 Å². The molecule has 1 saturated heterocycles. The minimum atomic E-state index is -4.53. The van der Waals surface area contributed by atoms with Crippen LogP contribution in [0, 0.1) is 0 Å². The molecule has 3 heterocycles. The van der Waals surface area contributed by atoms with Crippen LogP contribution in [0.2, 0.25) is 5.02 Å². The number of rotatable bonds is 6. The van der Waals surface area contributed by atoms with Gasteiger partial charge in [0.2, 0.25) is 5.95 Å². The number of hydrogen-bond donors (Lipinski definition) is 2. The van der Waals surface area contributed by atoms with E-state index in [-0.39, 0.29) is 29.0 Å². The van der Waals surface area contributed by atoms with Gasteiger partial charge in [-0.3, -0.25) is 4.90 Å². The Labute approximate surface area is 203 Å². The minimum Gasteiger partial charge on any atom is -0.447 e. The molecule has 1 amide bonds. The van der Waals surface area contributed by atoms with E-state index >= 15 is 0 Å². The van der Waals surface area contributed by atoms with Gasteiger partial charge >= 0.3 is 12.3 Å². The highest BCUT2D eigenvalue weighted by atomic mass is 35.5. The highest BCUT2D eigenvalue weighted by Crippen LogP contribution is 2.34. The van der Waals surface area contributed by atoms with Crippen molar-refractivity contribution in [1.82, 2.24) is 19.9 Å². The van der Waals surface area contributed by atoms with E-state index in [4.69, 9.17) is 16.3 Å². The number of alkyl halides is 3. The summed E-state index contributed by atoms with van der Waals surface area (Å²) in [5.74, 6) is 0.764. The highest BCUT2D eigenvalue weighted by molar-refractivity contribution is 6.31. The molecule has 1 aliphatic rings. The Morgan fingerprint density at radius 2 is 1.89 bits per heavy atom. The molecule has 2 aromatic heterocycles. The van der Waals surface area contributed by atoms with Crippen LogP contribution in [0.4, 0.5) is 29.7 Å². The number of aliphatic hydroxyl groups excluding tert-OH is 1. The predicted octanol–water partition coefficient (Wildman–Crippen LogP) is 4.48. The largest absolute Gasteiger partial charge is 0.447 e. The molecule has 9 nitrogen and oxygen atoms in total. The first-order valence-corrected chi connectivity index (χ1v) is 10.8. The average molecular weight is 509 g/mol. The SMILES string of the molecule is C[C@@H](Nc1nccc(N2C(=O)OCC2[C@@H](C)O)n1)c1ncc(-c2cc(Cl)cc(C(F)(F)F)c2)cn1. The number of amides is 1. The first kappa shape index (κ1) is 24.6. The van der Waals surface area contributed by atoms with Gasteiger partial charge in [-0.05, 0) is 43.7 Å². The van der Waals surface area contributed by atoms with Crippen LogP contribution in [0.1, 0.15) is 31.3 Å². The fourth-order valence-electron chi connectivity index (χ4n) is 3.50. The van der Waals surface area contributed by atoms with Gasteiger partial charge in [-0.2, -0.15) is 18.2 Å². The van der Waals surface area contributed by atoms with E-state index < -0.39 is 36.0 Å². The number of hydrogen-bond acceptors (Lipinski definition) is 8. The molecule has 0 aliphatic carbocycles. The summed E-state index contributed by atoms with van der Waals surface area (Å²) in [6.45, 7) is 3.34. The third-order valence-electron chi connectivity index (χ3n) is 5.31. The van der Waals surface area contributed by atoms with Crippen molar-refractivity contribution in [3.63, 3.8) is 0 Å². The van der Waals surface area contributed by atoms with Gasteiger partial charge in [-0.1, -0.05) is 11.6 Å². The molecule has 0 bridgehead atoms. The van der Waals surface area contributed by atoms with Crippen LogP contribution >= 0.6 is 11.6 Å². The Balaban J connectivity index is 1.51. The smallest absolute Gasteiger partial charge is 0.416 e. The standard InChI is InChI=1S/C22H20ClF3N6O3/c1-11(30-20-27-4-3-18(31-20)32-17(12(2)33)10-35-21(32)34)19-28-8-14(9-29-19)13-5-15(22(24,25)26)7-16(23)6-13/h3-9,11-12,17,33H,10H2,1-2H3,(H,27,30,31)/t11-,12-,17?/m1/s1. The van der Waals surface area contributed by atoms with Crippen LogP contribution in [0.5, 0.6) is 0 Å². The van der Waals surface area contributed by atoms with Crippen molar-refractivity contribution in [1.29, 1.82) is 0 Å². The Morgan fingerprint density at radius 1 is 1.17 bits per heavy atom. The third kappa shape index (κ3) is 5.43. The van der Waals surface area contributed by atoms with Gasteiger partial charge in [0.05, 0.1) is 17.7 Å². The number of nitrogens with one attached hydrogen (secondary N) is 1. The van der Waals surface area contributed by atoms with Gasteiger partial charge in [0, 0.05) is 29.2 Å². The molecule has 2 N–H and O–H groups in total. The van der Waals surface area contributed by atoms with Gasteiger partial charge in [-0.15, -0.1) is 0 Å². The van der Waals surface area contributed by atoms with Crippen molar-refractivity contribution in [3.05, 3.63) is 59.3 Å². The van der Waals surface area contributed by atoms with Crippen LogP contribution in [-0.4, -0.2) is 49.9 Å². The van der Waals surface area contributed by atoms with Gasteiger partial charge in [0.1, 0.15) is 24.3 Å². The molecule has 3 atom stereocenters. The first-order valence-electron chi connectivity index (χ1n) is 10.5. The zero-order valence-corrected chi connectivity index (χ0v) is 19.2. The number of carbonyl (C=O) groups is 1. The molecule has 4 rings (SSSR count). The third-order valence-corrected chi connectivity index (χ3v) is 5.53. The molecular formula is C22H20ClF3N6O3. The van der Waals surface area contributed by atoms with E-state index in [1.807, 2.05) is 0 Å². The molecule has 0 radical (unpaired) electrons. The topological polar surface area (TPSA) is 113 Å². The predicted molar refractivity (Wildman–Crippen MR) is 121 cm³/mol. The maximum atomic E-state index is 13.1. The summed E-state index contributed by atoms with van der Waals surface area (Å²) < 4.78 is 44.3. The molecule has 13 heteroatoms. The normalized spacial score (nSPS) is 17.7. The Bertz CT molecular complexity index is 1230. The second-order valence-electron chi connectivity index (χ2n) is 7.92. The number of aromatic nitrogens is 4. The molecule has 1 aromatic carbocycles. The highest BCUT2D eigenvalue weighted by Gasteiger charge is 2.38. The van der Waals surface area contributed by atoms with Crippen LogP contribution in [0.15, 0.2) is 42.9 Å². The van der Waals surface area contributed by atoms with Crippen LogP contribution < -0.4 is 10.2 Å². The van der Waals surface area contributed by atoms with Gasteiger partial charge in [-0.25, -0.2) is 19.7 Å². The van der Waals surface area contributed by atoms with Crippen molar-refractivity contribution in [2.75, 3.05) is 16.8 Å². The van der Waals surface area contributed by atoms with Crippen LogP contribution in [0.25, 0.3) is 11.1 Å². The number of anilines is 2. The van der Waals surface area contributed by atoms with E-state index in [0.717, 1.165) is 12.1 Å². The minimum absolute atomic E-state index is 0.0386. The van der Waals surface area contributed by atoms with Crippen molar-refractivity contribution in [2.45, 2.75) is 38.2 Å². The lowest BCUT2D eigenvalue weighted by atomic mass is 10.1.